The zero-order valence-electron chi connectivity index (χ0n) is 18.6. The average Bonchev–Trinajstić information content (AvgIpc) is 2.85. The molecule has 1 aliphatic rings. The topological polar surface area (TPSA) is 85.3 Å². The molecule has 8 heteroatoms. The minimum absolute atomic E-state index is 0.0827. The lowest BCUT2D eigenvalue weighted by Gasteiger charge is -2.38. The number of methoxy groups -OCH3 is 1. The number of carboxylic acids is 1. The second-order valence-corrected chi connectivity index (χ2v) is 7.78. The van der Waals surface area contributed by atoms with Crippen molar-refractivity contribution in [3.05, 3.63) is 94.8 Å². The molecule has 34 heavy (non-hydrogen) atoms. The van der Waals surface area contributed by atoms with Crippen LogP contribution in [-0.2, 0) is 22.6 Å². The zero-order valence-corrected chi connectivity index (χ0v) is 18.6. The van der Waals surface area contributed by atoms with Crippen molar-refractivity contribution in [1.82, 2.24) is 4.90 Å². The average molecular weight is 465 g/mol. The van der Waals surface area contributed by atoms with E-state index >= 15 is 0 Å². The predicted octanol–water partition coefficient (Wildman–Crippen LogP) is 4.58. The predicted molar refractivity (Wildman–Crippen MR) is 121 cm³/mol. The standard InChI is InChI=1S/C26H24FNO6/c1-32-22-9-5-8-20-19(22)12-13-28(26(31)34-15-17-6-3-2-4-7-17)25(20)21-14-18(27)10-11-23(21)33-16-24(29)30/h2-11,14,25H,12-13,15-16H2,1H3,(H,29,30). The van der Waals surface area contributed by atoms with E-state index in [1.807, 2.05) is 42.5 Å². The van der Waals surface area contributed by atoms with Crippen LogP contribution in [0.15, 0.2) is 66.7 Å². The van der Waals surface area contributed by atoms with Crippen LogP contribution < -0.4 is 9.47 Å². The van der Waals surface area contributed by atoms with E-state index in [9.17, 15) is 14.0 Å². The number of ether oxygens (including phenoxy) is 3. The van der Waals surface area contributed by atoms with Crippen molar-refractivity contribution in [3.8, 4) is 11.5 Å². The Kier molecular flexibility index (Phi) is 6.96. The van der Waals surface area contributed by atoms with Crippen molar-refractivity contribution < 1.29 is 33.3 Å². The molecule has 3 aromatic rings. The van der Waals surface area contributed by atoms with E-state index < -0.39 is 30.5 Å². The minimum Gasteiger partial charge on any atom is -0.496 e. The molecule has 1 unspecified atom stereocenters. The van der Waals surface area contributed by atoms with Gasteiger partial charge in [-0.25, -0.2) is 14.0 Å². The van der Waals surface area contributed by atoms with Gasteiger partial charge in [-0.05, 0) is 41.8 Å². The molecule has 7 nitrogen and oxygen atoms in total. The summed E-state index contributed by atoms with van der Waals surface area (Å²) < 4.78 is 30.9. The Morgan fingerprint density at radius 3 is 2.56 bits per heavy atom. The van der Waals surface area contributed by atoms with Crippen LogP contribution in [0, 0.1) is 5.82 Å². The molecule has 1 heterocycles. The third-order valence-corrected chi connectivity index (χ3v) is 5.66. The molecular formula is C26H24FNO6. The lowest BCUT2D eigenvalue weighted by molar-refractivity contribution is -0.139. The molecular weight excluding hydrogens is 441 g/mol. The van der Waals surface area contributed by atoms with Gasteiger partial charge >= 0.3 is 12.1 Å². The highest BCUT2D eigenvalue weighted by Gasteiger charge is 2.36. The molecule has 176 valence electrons. The molecule has 0 fully saturated rings. The van der Waals surface area contributed by atoms with E-state index in [1.165, 1.54) is 23.1 Å². The fourth-order valence-corrected chi connectivity index (χ4v) is 4.17. The highest BCUT2D eigenvalue weighted by molar-refractivity contribution is 5.71. The van der Waals surface area contributed by atoms with Crippen molar-refractivity contribution in [2.45, 2.75) is 19.1 Å². The van der Waals surface area contributed by atoms with Crippen molar-refractivity contribution in [2.75, 3.05) is 20.3 Å². The lowest BCUT2D eigenvalue weighted by Crippen LogP contribution is -2.41. The van der Waals surface area contributed by atoms with Gasteiger partial charge in [0.05, 0.1) is 13.2 Å². The Balaban J connectivity index is 1.74. The summed E-state index contributed by atoms with van der Waals surface area (Å²) in [5.41, 5.74) is 2.78. The monoisotopic (exact) mass is 465 g/mol. The van der Waals surface area contributed by atoms with Crippen molar-refractivity contribution in [3.63, 3.8) is 0 Å². The van der Waals surface area contributed by atoms with E-state index in [-0.39, 0.29) is 12.4 Å². The summed E-state index contributed by atoms with van der Waals surface area (Å²) in [6, 6.07) is 17.8. The van der Waals surface area contributed by atoms with Crippen LogP contribution in [0.25, 0.3) is 0 Å². The number of nitrogens with zero attached hydrogens (tertiary/aromatic N) is 1. The molecule has 0 radical (unpaired) electrons. The third-order valence-electron chi connectivity index (χ3n) is 5.66. The van der Waals surface area contributed by atoms with Gasteiger partial charge in [0.15, 0.2) is 6.61 Å². The van der Waals surface area contributed by atoms with Crippen LogP contribution in [0.4, 0.5) is 9.18 Å². The van der Waals surface area contributed by atoms with Crippen molar-refractivity contribution in [2.24, 2.45) is 0 Å². The molecule has 0 saturated carbocycles. The first-order valence-corrected chi connectivity index (χ1v) is 10.7. The van der Waals surface area contributed by atoms with Crippen molar-refractivity contribution in [1.29, 1.82) is 0 Å². The number of benzene rings is 3. The lowest BCUT2D eigenvalue weighted by atomic mass is 9.87. The number of hydrogen-bond donors (Lipinski definition) is 1. The van der Waals surface area contributed by atoms with Crippen LogP contribution in [0.5, 0.6) is 11.5 Å². The second kappa shape index (κ2) is 10.2. The van der Waals surface area contributed by atoms with Crippen LogP contribution in [-0.4, -0.2) is 42.3 Å². The minimum atomic E-state index is -1.17. The Morgan fingerprint density at radius 2 is 1.82 bits per heavy atom. The van der Waals surface area contributed by atoms with Gasteiger partial charge in [-0.2, -0.15) is 0 Å². The number of fused-ring (bicyclic) bond motifs is 1. The van der Waals surface area contributed by atoms with E-state index in [1.54, 1.807) is 13.2 Å². The summed E-state index contributed by atoms with van der Waals surface area (Å²) in [5, 5.41) is 9.07. The second-order valence-electron chi connectivity index (χ2n) is 7.78. The van der Waals surface area contributed by atoms with Gasteiger partial charge in [0, 0.05) is 17.7 Å². The number of carbonyl (C=O) groups is 2. The molecule has 0 aromatic heterocycles. The first kappa shape index (κ1) is 23.1. The van der Waals surface area contributed by atoms with Crippen LogP contribution in [0.3, 0.4) is 0 Å². The van der Waals surface area contributed by atoms with Crippen LogP contribution in [0.1, 0.15) is 28.3 Å². The van der Waals surface area contributed by atoms with Gasteiger partial charge in [-0.1, -0.05) is 42.5 Å². The maximum atomic E-state index is 14.4. The maximum absolute atomic E-state index is 14.4. The van der Waals surface area contributed by atoms with Gasteiger partial charge in [-0.15, -0.1) is 0 Å². The number of rotatable bonds is 7. The largest absolute Gasteiger partial charge is 0.496 e. The highest BCUT2D eigenvalue weighted by atomic mass is 19.1. The number of carbonyl (C=O) groups excluding carboxylic acids is 1. The number of carboxylic acid groups (broad SMARTS) is 1. The summed E-state index contributed by atoms with van der Waals surface area (Å²) in [5.74, 6) is -0.875. The van der Waals surface area contributed by atoms with Crippen LogP contribution in [0.2, 0.25) is 0 Å². The zero-order chi connectivity index (χ0) is 24.1. The maximum Gasteiger partial charge on any atom is 0.410 e. The van der Waals surface area contributed by atoms with Gasteiger partial charge in [-0.3, -0.25) is 4.90 Å². The Bertz CT molecular complexity index is 1180. The van der Waals surface area contributed by atoms with Gasteiger partial charge in [0.25, 0.3) is 0 Å². The Hall–Kier alpha value is -4.07. The van der Waals surface area contributed by atoms with Crippen molar-refractivity contribution >= 4 is 12.1 Å². The molecule has 4 rings (SSSR count). The normalized spacial score (nSPS) is 14.8. The molecule has 1 atom stereocenters. The quantitative estimate of drug-likeness (QED) is 0.550. The van der Waals surface area contributed by atoms with E-state index in [0.717, 1.165) is 16.7 Å². The van der Waals surface area contributed by atoms with E-state index in [2.05, 4.69) is 0 Å². The number of halogens is 1. The molecule has 3 aromatic carbocycles. The summed E-state index contributed by atoms with van der Waals surface area (Å²) in [6.07, 6.45) is -0.0625. The molecule has 0 bridgehead atoms. The third kappa shape index (κ3) is 4.96. The van der Waals surface area contributed by atoms with E-state index in [0.29, 0.717) is 24.3 Å². The molecule has 0 spiro atoms. The molecule has 1 aliphatic heterocycles. The fourth-order valence-electron chi connectivity index (χ4n) is 4.17. The molecule has 1 N–H and O–H groups in total. The first-order valence-electron chi connectivity index (χ1n) is 10.7. The first-order chi connectivity index (χ1) is 16.5. The van der Waals surface area contributed by atoms with Gasteiger partial charge < -0.3 is 19.3 Å². The van der Waals surface area contributed by atoms with Gasteiger partial charge in [0.1, 0.15) is 23.9 Å². The fraction of sp³-hybridized carbons (Fsp3) is 0.231. The molecule has 1 amide bonds. The summed E-state index contributed by atoms with van der Waals surface area (Å²) in [6.45, 7) is -0.227. The highest BCUT2D eigenvalue weighted by Crippen LogP contribution is 2.42. The van der Waals surface area contributed by atoms with Crippen LogP contribution >= 0.6 is 0 Å². The summed E-state index contributed by atoms with van der Waals surface area (Å²) in [4.78, 5) is 25.8. The molecule has 0 saturated heterocycles. The Morgan fingerprint density at radius 1 is 1.03 bits per heavy atom. The SMILES string of the molecule is COc1cccc2c1CCN(C(=O)OCc1ccccc1)C2c1cc(F)ccc1OCC(=O)O. The number of hydrogen-bond acceptors (Lipinski definition) is 5. The number of aliphatic carboxylic acids is 1. The van der Waals surface area contributed by atoms with E-state index in [4.69, 9.17) is 19.3 Å². The smallest absolute Gasteiger partial charge is 0.410 e. The molecule has 0 aliphatic carbocycles. The number of amides is 1. The summed E-state index contributed by atoms with van der Waals surface area (Å²) >= 11 is 0. The Labute approximate surface area is 196 Å². The van der Waals surface area contributed by atoms with Gasteiger partial charge in [0.2, 0.25) is 0 Å². The summed E-state index contributed by atoms with van der Waals surface area (Å²) in [7, 11) is 1.56.